The third-order valence-corrected chi connectivity index (χ3v) is 5.31. The van der Waals surface area contributed by atoms with Crippen LogP contribution in [0, 0.1) is 6.92 Å². The predicted octanol–water partition coefficient (Wildman–Crippen LogP) is 3.95. The number of aromatic hydroxyl groups is 1. The molecule has 1 aliphatic rings. The van der Waals surface area contributed by atoms with Crippen LogP contribution in [0.1, 0.15) is 43.0 Å². The lowest BCUT2D eigenvalue weighted by atomic mass is 9.94. The molecule has 7 heteroatoms. The molecule has 0 saturated carbocycles. The minimum Gasteiger partial charge on any atom is -0.508 e. The number of rotatable bonds is 8. The Morgan fingerprint density at radius 2 is 1.81 bits per heavy atom. The molecule has 7 nitrogen and oxygen atoms in total. The van der Waals surface area contributed by atoms with Gasteiger partial charge in [-0.3, -0.25) is 9.59 Å². The molecule has 1 heterocycles. The van der Waals surface area contributed by atoms with Gasteiger partial charge in [0.25, 0.3) is 11.7 Å². The molecule has 0 radical (unpaired) electrons. The molecule has 0 unspecified atom stereocenters. The Morgan fingerprint density at radius 3 is 2.41 bits per heavy atom. The van der Waals surface area contributed by atoms with Gasteiger partial charge in [-0.15, -0.1) is 0 Å². The molecule has 0 aliphatic carbocycles. The van der Waals surface area contributed by atoms with Crippen LogP contribution in [0.4, 0.5) is 0 Å². The van der Waals surface area contributed by atoms with Crippen molar-refractivity contribution in [3.63, 3.8) is 0 Å². The van der Waals surface area contributed by atoms with Crippen molar-refractivity contribution in [2.24, 2.45) is 0 Å². The summed E-state index contributed by atoms with van der Waals surface area (Å²) in [5.74, 6) is -0.890. The van der Waals surface area contributed by atoms with Gasteiger partial charge in [0.2, 0.25) is 0 Å². The third-order valence-electron chi connectivity index (χ3n) is 5.31. The summed E-state index contributed by atoms with van der Waals surface area (Å²) >= 11 is 0. The summed E-state index contributed by atoms with van der Waals surface area (Å²) in [6, 6.07) is 10.7. The number of benzene rings is 2. The summed E-state index contributed by atoms with van der Waals surface area (Å²) in [6.07, 6.45) is 0.540. The fourth-order valence-electron chi connectivity index (χ4n) is 3.83. The number of aryl methyl sites for hydroxylation is 1. The average Bonchev–Trinajstić information content (AvgIpc) is 3.00. The van der Waals surface area contributed by atoms with Gasteiger partial charge in [0.05, 0.1) is 17.7 Å². The largest absolute Gasteiger partial charge is 0.508 e. The molecule has 1 atom stereocenters. The van der Waals surface area contributed by atoms with Crippen LogP contribution in [-0.2, 0) is 14.3 Å². The fraction of sp³-hybridized carbons (Fsp3) is 0.360. The van der Waals surface area contributed by atoms with E-state index in [1.165, 1.54) is 17.0 Å². The zero-order chi connectivity index (χ0) is 23.4. The van der Waals surface area contributed by atoms with E-state index >= 15 is 0 Å². The van der Waals surface area contributed by atoms with Crippen molar-refractivity contribution in [3.05, 3.63) is 64.7 Å². The SMILES string of the molecule is COCCCN1C(=O)C(=O)C(=C(O)c2ccc(OC(C)C)c(C)c2)[C@H]1c1ccc(O)cc1. The van der Waals surface area contributed by atoms with E-state index in [1.807, 2.05) is 20.8 Å². The second-order valence-electron chi connectivity index (χ2n) is 8.08. The van der Waals surface area contributed by atoms with Gasteiger partial charge in [-0.25, -0.2) is 0 Å². The molecule has 32 heavy (non-hydrogen) atoms. The molecule has 1 amide bonds. The summed E-state index contributed by atoms with van der Waals surface area (Å²) in [5.41, 5.74) is 1.88. The number of likely N-dealkylation sites (tertiary alicyclic amines) is 1. The number of aliphatic hydroxyl groups excluding tert-OH is 1. The molecule has 1 fully saturated rings. The number of Topliss-reactive ketones (excluding diaryl/α,β-unsaturated/α-hetero) is 1. The van der Waals surface area contributed by atoms with Crippen molar-refractivity contribution in [2.45, 2.75) is 39.3 Å². The Hall–Kier alpha value is -3.32. The van der Waals surface area contributed by atoms with Gasteiger partial charge < -0.3 is 24.6 Å². The number of nitrogens with zero attached hydrogens (tertiary/aromatic N) is 1. The van der Waals surface area contributed by atoms with Crippen molar-refractivity contribution in [1.29, 1.82) is 0 Å². The first-order valence-corrected chi connectivity index (χ1v) is 10.6. The Morgan fingerprint density at radius 1 is 1.12 bits per heavy atom. The Kier molecular flexibility index (Phi) is 7.20. The second kappa shape index (κ2) is 9.87. The first-order chi connectivity index (χ1) is 15.2. The van der Waals surface area contributed by atoms with Gasteiger partial charge in [0.15, 0.2) is 0 Å². The van der Waals surface area contributed by atoms with E-state index in [1.54, 1.807) is 37.4 Å². The van der Waals surface area contributed by atoms with Crippen LogP contribution in [0.5, 0.6) is 11.5 Å². The maximum absolute atomic E-state index is 13.0. The number of phenols is 1. The van der Waals surface area contributed by atoms with E-state index in [2.05, 4.69) is 0 Å². The quantitative estimate of drug-likeness (QED) is 0.280. The first kappa shape index (κ1) is 23.3. The lowest BCUT2D eigenvalue weighted by Gasteiger charge is -2.25. The zero-order valence-corrected chi connectivity index (χ0v) is 18.8. The highest BCUT2D eigenvalue weighted by Crippen LogP contribution is 2.40. The van der Waals surface area contributed by atoms with Gasteiger partial charge in [0, 0.05) is 25.8 Å². The topological polar surface area (TPSA) is 96.3 Å². The lowest BCUT2D eigenvalue weighted by molar-refractivity contribution is -0.140. The predicted molar refractivity (Wildman–Crippen MR) is 121 cm³/mol. The van der Waals surface area contributed by atoms with Crippen LogP contribution in [-0.4, -0.2) is 53.2 Å². The summed E-state index contributed by atoms with van der Waals surface area (Å²) < 4.78 is 10.8. The smallest absolute Gasteiger partial charge is 0.295 e. The van der Waals surface area contributed by atoms with Crippen molar-refractivity contribution in [1.82, 2.24) is 4.90 Å². The molecule has 0 bridgehead atoms. The highest BCUT2D eigenvalue weighted by atomic mass is 16.5. The molecular weight excluding hydrogens is 410 g/mol. The van der Waals surface area contributed by atoms with Gasteiger partial charge in [-0.1, -0.05) is 12.1 Å². The molecule has 1 aliphatic heterocycles. The normalized spacial score (nSPS) is 17.9. The summed E-state index contributed by atoms with van der Waals surface area (Å²) in [6.45, 7) is 6.43. The van der Waals surface area contributed by atoms with Crippen molar-refractivity contribution < 1.29 is 29.3 Å². The second-order valence-corrected chi connectivity index (χ2v) is 8.08. The summed E-state index contributed by atoms with van der Waals surface area (Å²) in [5, 5.41) is 20.8. The minimum atomic E-state index is -0.764. The Labute approximate surface area is 187 Å². The number of carbonyl (C=O) groups excluding carboxylic acids is 2. The third kappa shape index (κ3) is 4.78. The molecule has 3 rings (SSSR count). The molecule has 0 spiro atoms. The maximum atomic E-state index is 13.0. The number of phenolic OH excluding ortho intramolecular Hbond substituents is 1. The van der Waals surface area contributed by atoms with Crippen molar-refractivity contribution >= 4 is 17.4 Å². The number of carbonyl (C=O) groups is 2. The summed E-state index contributed by atoms with van der Waals surface area (Å²) in [7, 11) is 1.57. The van der Waals surface area contributed by atoms with E-state index in [4.69, 9.17) is 9.47 Å². The van der Waals surface area contributed by atoms with Crippen LogP contribution in [0.2, 0.25) is 0 Å². The van der Waals surface area contributed by atoms with Crippen molar-refractivity contribution in [2.75, 3.05) is 20.3 Å². The first-order valence-electron chi connectivity index (χ1n) is 10.6. The lowest BCUT2D eigenvalue weighted by Crippen LogP contribution is -2.31. The molecule has 2 aromatic rings. The van der Waals surface area contributed by atoms with E-state index in [0.717, 1.165) is 5.56 Å². The van der Waals surface area contributed by atoms with E-state index in [9.17, 15) is 19.8 Å². The number of methoxy groups -OCH3 is 1. The highest BCUT2D eigenvalue weighted by Gasteiger charge is 2.45. The van der Waals surface area contributed by atoms with Gasteiger partial charge >= 0.3 is 0 Å². The summed E-state index contributed by atoms with van der Waals surface area (Å²) in [4.78, 5) is 27.3. The monoisotopic (exact) mass is 439 g/mol. The minimum absolute atomic E-state index is 0.0000633. The molecule has 170 valence electrons. The van der Waals surface area contributed by atoms with E-state index in [0.29, 0.717) is 36.4 Å². The van der Waals surface area contributed by atoms with Gasteiger partial charge in [0.1, 0.15) is 17.3 Å². The van der Waals surface area contributed by atoms with E-state index < -0.39 is 17.7 Å². The van der Waals surface area contributed by atoms with Crippen LogP contribution in [0.3, 0.4) is 0 Å². The van der Waals surface area contributed by atoms with Crippen LogP contribution < -0.4 is 4.74 Å². The Balaban J connectivity index is 2.08. The molecule has 1 saturated heterocycles. The van der Waals surface area contributed by atoms with Crippen LogP contribution in [0.25, 0.3) is 5.76 Å². The van der Waals surface area contributed by atoms with Gasteiger partial charge in [-0.05, 0) is 68.7 Å². The molecule has 0 aromatic heterocycles. The average molecular weight is 440 g/mol. The Bertz CT molecular complexity index is 1030. The van der Waals surface area contributed by atoms with Crippen LogP contribution in [0.15, 0.2) is 48.0 Å². The zero-order valence-electron chi connectivity index (χ0n) is 18.8. The maximum Gasteiger partial charge on any atom is 0.295 e. The molecule has 2 aromatic carbocycles. The van der Waals surface area contributed by atoms with Crippen LogP contribution >= 0.6 is 0 Å². The van der Waals surface area contributed by atoms with E-state index in [-0.39, 0.29) is 23.2 Å². The standard InChI is InChI=1S/C25H29NO6/c1-15(2)32-20-11-8-18(14-16(20)3)23(28)21-22(17-6-9-19(27)10-7-17)26(12-5-13-31-4)25(30)24(21)29/h6-11,14-15,22,27-28H,5,12-13H2,1-4H3/t22-/m1/s1. The van der Waals surface area contributed by atoms with Gasteiger partial charge in [-0.2, -0.15) is 0 Å². The number of hydrogen-bond donors (Lipinski definition) is 2. The number of ketones is 1. The number of aliphatic hydroxyl groups is 1. The number of hydrogen-bond acceptors (Lipinski definition) is 6. The molecular formula is C25H29NO6. The number of amides is 1. The number of ether oxygens (including phenoxy) is 2. The van der Waals surface area contributed by atoms with Crippen molar-refractivity contribution in [3.8, 4) is 11.5 Å². The molecule has 2 N–H and O–H groups in total. The fourth-order valence-corrected chi connectivity index (χ4v) is 3.83. The highest BCUT2D eigenvalue weighted by molar-refractivity contribution is 6.46.